The molecule has 0 fully saturated rings. The summed E-state index contributed by atoms with van der Waals surface area (Å²) in [6.45, 7) is -1.74. The van der Waals surface area contributed by atoms with Gasteiger partial charge in [0.2, 0.25) is 34.3 Å². The van der Waals surface area contributed by atoms with Gasteiger partial charge in [-0.3, -0.25) is 24.0 Å². The summed E-state index contributed by atoms with van der Waals surface area (Å²) >= 11 is 0. The first-order valence-corrected chi connectivity index (χ1v) is 12.8. The molecule has 4 N–H and O–H groups in total. The highest BCUT2D eigenvalue weighted by molar-refractivity contribution is 6.52. The van der Waals surface area contributed by atoms with Crippen LogP contribution in [-0.2, 0) is 4.79 Å². The van der Waals surface area contributed by atoms with Crippen molar-refractivity contribution in [3.63, 3.8) is 0 Å². The Morgan fingerprint density at radius 3 is 1.19 bits per heavy atom. The van der Waals surface area contributed by atoms with Crippen molar-refractivity contribution in [1.29, 1.82) is 0 Å². The molecule has 4 rings (SSSR count). The Morgan fingerprint density at radius 1 is 0.476 bits per heavy atom. The zero-order chi connectivity index (χ0) is 30.5. The van der Waals surface area contributed by atoms with Crippen molar-refractivity contribution in [2.45, 2.75) is 16.8 Å². The van der Waals surface area contributed by atoms with Crippen LogP contribution in [0.4, 0.5) is 0 Å². The Hall–Kier alpha value is -4.93. The summed E-state index contributed by atoms with van der Waals surface area (Å²) in [5.74, 6) is -8.37. The molecule has 0 aliphatic heterocycles. The molecule has 0 unspecified atom stereocenters. The molecule has 4 aromatic carbocycles. The van der Waals surface area contributed by atoms with Gasteiger partial charge in [-0.2, -0.15) is 0 Å². The van der Waals surface area contributed by atoms with Gasteiger partial charge in [0.1, 0.15) is 0 Å². The maximum atomic E-state index is 14.2. The van der Waals surface area contributed by atoms with Gasteiger partial charge in [0, 0.05) is 22.3 Å². The fourth-order valence-corrected chi connectivity index (χ4v) is 4.74. The molecular formula is C33H26O9. The average molecular weight is 567 g/mol. The van der Waals surface area contributed by atoms with E-state index in [0.717, 1.165) is 24.3 Å². The summed E-state index contributed by atoms with van der Waals surface area (Å²) in [5, 5.41) is 47.0. The van der Waals surface area contributed by atoms with Gasteiger partial charge in [-0.05, 0) is 0 Å². The summed E-state index contributed by atoms with van der Waals surface area (Å²) < 4.78 is 0. The van der Waals surface area contributed by atoms with E-state index in [1.807, 2.05) is 0 Å². The van der Waals surface area contributed by atoms with Crippen LogP contribution in [0.3, 0.4) is 0 Å². The second-order valence-corrected chi connectivity index (χ2v) is 9.55. The molecule has 0 saturated heterocycles. The summed E-state index contributed by atoms with van der Waals surface area (Å²) in [6, 6.07) is 26.3. The van der Waals surface area contributed by atoms with E-state index in [-0.39, 0.29) is 11.1 Å². The van der Waals surface area contributed by atoms with Crippen molar-refractivity contribution in [3.05, 3.63) is 144 Å². The number of carbonyl (C=O) groups excluding carboxylic acids is 5. The lowest BCUT2D eigenvalue weighted by Gasteiger charge is -2.47. The van der Waals surface area contributed by atoms with Crippen molar-refractivity contribution in [1.82, 2.24) is 0 Å². The smallest absolute Gasteiger partial charge is 0.246 e. The molecule has 0 spiro atoms. The van der Waals surface area contributed by atoms with Crippen LogP contribution in [-0.4, -0.2) is 72.8 Å². The number of ketones is 5. The molecule has 0 aliphatic rings. The van der Waals surface area contributed by atoms with Gasteiger partial charge in [-0.25, -0.2) is 0 Å². The first kappa shape index (κ1) is 30.0. The van der Waals surface area contributed by atoms with Crippen LogP contribution in [0.15, 0.2) is 121 Å². The Morgan fingerprint density at radius 2 is 0.810 bits per heavy atom. The highest BCUT2D eigenvalue weighted by Gasteiger charge is 2.75. The summed E-state index contributed by atoms with van der Waals surface area (Å²) in [7, 11) is 0. The summed E-state index contributed by atoms with van der Waals surface area (Å²) in [6.07, 6.45) is 0. The summed E-state index contributed by atoms with van der Waals surface area (Å²) in [4.78, 5) is 69.6. The van der Waals surface area contributed by atoms with Crippen LogP contribution in [0, 0.1) is 0 Å². The maximum Gasteiger partial charge on any atom is 0.246 e. The number of rotatable bonds is 12. The molecule has 3 atom stereocenters. The molecule has 0 heterocycles. The minimum absolute atomic E-state index is 0.321. The highest BCUT2D eigenvalue weighted by Crippen LogP contribution is 2.42. The lowest BCUT2D eigenvalue weighted by Crippen LogP contribution is -2.80. The predicted molar refractivity (Wildman–Crippen MR) is 150 cm³/mol. The zero-order valence-corrected chi connectivity index (χ0v) is 22.1. The average Bonchev–Trinajstić information content (AvgIpc) is 3.06. The van der Waals surface area contributed by atoms with Crippen LogP contribution >= 0.6 is 0 Å². The number of Topliss-reactive ketones (excluding diaryl/α,β-unsaturated/α-hetero) is 5. The van der Waals surface area contributed by atoms with Crippen LogP contribution in [0.1, 0.15) is 41.4 Å². The van der Waals surface area contributed by atoms with Crippen molar-refractivity contribution in [2.75, 3.05) is 6.61 Å². The molecule has 0 amide bonds. The molecule has 9 nitrogen and oxygen atoms in total. The first-order chi connectivity index (χ1) is 20.0. The normalized spacial score (nSPS) is 15.3. The van der Waals surface area contributed by atoms with Gasteiger partial charge in [0.25, 0.3) is 0 Å². The molecule has 9 heteroatoms. The minimum atomic E-state index is -4.14. The fourth-order valence-electron chi connectivity index (χ4n) is 4.74. The van der Waals surface area contributed by atoms with Crippen molar-refractivity contribution < 1.29 is 44.4 Å². The number of aliphatic hydroxyl groups excluding tert-OH is 1. The van der Waals surface area contributed by atoms with Crippen LogP contribution in [0.2, 0.25) is 0 Å². The van der Waals surface area contributed by atoms with E-state index in [4.69, 9.17) is 0 Å². The highest BCUT2D eigenvalue weighted by atomic mass is 16.4. The fraction of sp³-hybridized carbons (Fsp3) is 0.121. The second kappa shape index (κ2) is 11.9. The topological polar surface area (TPSA) is 166 Å². The number of hydrogen-bond acceptors (Lipinski definition) is 9. The van der Waals surface area contributed by atoms with Crippen LogP contribution in [0.5, 0.6) is 0 Å². The Kier molecular flexibility index (Phi) is 8.51. The van der Waals surface area contributed by atoms with Gasteiger partial charge >= 0.3 is 0 Å². The molecule has 212 valence electrons. The summed E-state index contributed by atoms with van der Waals surface area (Å²) in [5.41, 5.74) is -13.6. The van der Waals surface area contributed by atoms with Crippen molar-refractivity contribution in [3.8, 4) is 0 Å². The van der Waals surface area contributed by atoms with E-state index in [0.29, 0.717) is 0 Å². The number of carbonyl (C=O) groups is 5. The predicted octanol–water partition coefficient (Wildman–Crippen LogP) is 2.27. The number of aliphatic hydroxyl groups is 4. The van der Waals surface area contributed by atoms with Gasteiger partial charge in [0.05, 0.1) is 6.61 Å². The third-order valence-electron chi connectivity index (χ3n) is 7.06. The van der Waals surface area contributed by atoms with Gasteiger partial charge in [-0.1, -0.05) is 121 Å². The lowest BCUT2D eigenvalue weighted by atomic mass is 9.60. The SMILES string of the molecule is O=C(C(=O)[C@@](O)(C(=O)c1ccccc1)[C@@](O)(C(=O)c1ccccc1)[C@](O)(CO)C(=O)c1ccccc1)c1ccccc1. The van der Waals surface area contributed by atoms with Crippen LogP contribution in [0.25, 0.3) is 0 Å². The van der Waals surface area contributed by atoms with E-state index >= 15 is 0 Å². The largest absolute Gasteiger partial charge is 0.393 e. The van der Waals surface area contributed by atoms with E-state index in [1.54, 1.807) is 0 Å². The Labute approximate surface area is 240 Å². The second-order valence-electron chi connectivity index (χ2n) is 9.55. The van der Waals surface area contributed by atoms with E-state index in [2.05, 4.69) is 0 Å². The molecule has 0 radical (unpaired) electrons. The van der Waals surface area contributed by atoms with E-state index in [1.165, 1.54) is 97.1 Å². The Balaban J connectivity index is 2.09. The standard InChI is InChI=1S/C33H26O9/c34-21-31(40,27(36)23-15-7-2-8-16-23)33(42,29(38)25-19-11-4-12-20-25)32(41,28(37)24-17-9-3-10-18-24)30(39)26(35)22-13-5-1-6-14-22/h1-20,34,40-42H,21H2/t31-,32-,33+/m0/s1. The van der Waals surface area contributed by atoms with Crippen molar-refractivity contribution in [2.24, 2.45) is 0 Å². The molecule has 0 aliphatic carbocycles. The third kappa shape index (κ3) is 4.80. The first-order valence-electron chi connectivity index (χ1n) is 12.8. The van der Waals surface area contributed by atoms with E-state index in [9.17, 15) is 44.4 Å². The van der Waals surface area contributed by atoms with Crippen molar-refractivity contribution >= 4 is 28.9 Å². The zero-order valence-electron chi connectivity index (χ0n) is 22.1. The van der Waals surface area contributed by atoms with E-state index < -0.39 is 63.5 Å². The maximum absolute atomic E-state index is 14.2. The number of hydrogen-bond donors (Lipinski definition) is 4. The monoisotopic (exact) mass is 566 g/mol. The molecule has 4 aromatic rings. The third-order valence-corrected chi connectivity index (χ3v) is 7.06. The van der Waals surface area contributed by atoms with Gasteiger partial charge < -0.3 is 20.4 Å². The Bertz CT molecular complexity index is 1620. The minimum Gasteiger partial charge on any atom is -0.393 e. The van der Waals surface area contributed by atoms with Gasteiger partial charge in [-0.15, -0.1) is 0 Å². The molecule has 0 bridgehead atoms. The molecule has 0 aromatic heterocycles. The number of benzene rings is 4. The van der Waals surface area contributed by atoms with Crippen LogP contribution < -0.4 is 0 Å². The molecular weight excluding hydrogens is 540 g/mol. The van der Waals surface area contributed by atoms with Gasteiger partial charge in [0.15, 0.2) is 11.4 Å². The lowest BCUT2D eigenvalue weighted by molar-refractivity contribution is -0.192. The molecule has 42 heavy (non-hydrogen) atoms. The quantitative estimate of drug-likeness (QED) is 0.114. The molecule has 0 saturated carbocycles.